The van der Waals surface area contributed by atoms with Crippen molar-refractivity contribution in [2.75, 3.05) is 17.2 Å². The van der Waals surface area contributed by atoms with Gasteiger partial charge in [-0.25, -0.2) is 4.98 Å². The highest BCUT2D eigenvalue weighted by molar-refractivity contribution is 5.69. The van der Waals surface area contributed by atoms with Gasteiger partial charge in [0, 0.05) is 6.07 Å². The highest BCUT2D eigenvalue weighted by atomic mass is 16.5. The summed E-state index contributed by atoms with van der Waals surface area (Å²) >= 11 is 0. The highest BCUT2D eigenvalue weighted by Crippen LogP contribution is 2.28. The molecule has 0 fully saturated rings. The van der Waals surface area contributed by atoms with Crippen LogP contribution in [-0.4, -0.2) is 4.98 Å². The van der Waals surface area contributed by atoms with Crippen molar-refractivity contribution in [1.82, 2.24) is 4.98 Å². The van der Waals surface area contributed by atoms with E-state index in [1.54, 1.807) is 6.07 Å². The molecule has 0 saturated heterocycles. The normalized spacial score (nSPS) is 10.1. The van der Waals surface area contributed by atoms with Crippen molar-refractivity contribution in [1.29, 1.82) is 0 Å². The van der Waals surface area contributed by atoms with Crippen LogP contribution in [0.4, 0.5) is 17.3 Å². The van der Waals surface area contributed by atoms with Crippen LogP contribution in [0.1, 0.15) is 5.56 Å². The first-order chi connectivity index (χ1) is 8.16. The number of benzene rings is 1. The second kappa shape index (κ2) is 4.61. The second-order valence-corrected chi connectivity index (χ2v) is 3.62. The van der Waals surface area contributed by atoms with Gasteiger partial charge in [0.25, 0.3) is 0 Å². The molecule has 0 bridgehead atoms. The summed E-state index contributed by atoms with van der Waals surface area (Å²) in [6, 6.07) is 11.3. The summed E-state index contributed by atoms with van der Waals surface area (Å²) in [6.07, 6.45) is 0. The van der Waals surface area contributed by atoms with Gasteiger partial charge in [0.15, 0.2) is 5.82 Å². The zero-order chi connectivity index (χ0) is 12.3. The van der Waals surface area contributed by atoms with E-state index in [2.05, 4.69) is 4.98 Å². The lowest BCUT2D eigenvalue weighted by Crippen LogP contribution is -2.05. The molecule has 1 aromatic carbocycles. The topological polar surface area (TPSA) is 100 Å². The Kier molecular flexibility index (Phi) is 3.00. The molecule has 2 aromatic rings. The third-order valence-corrected chi connectivity index (χ3v) is 2.31. The predicted octanol–water partition coefficient (Wildman–Crippen LogP) is 1.41. The average Bonchev–Trinajstić information content (AvgIpc) is 2.33. The number of nitrogen functional groups attached to an aromatic ring is 3. The van der Waals surface area contributed by atoms with Gasteiger partial charge in [-0.3, -0.25) is 0 Å². The van der Waals surface area contributed by atoms with E-state index >= 15 is 0 Å². The Hall–Kier alpha value is -2.43. The summed E-state index contributed by atoms with van der Waals surface area (Å²) in [7, 11) is 0. The lowest BCUT2D eigenvalue weighted by atomic mass is 10.2. The van der Waals surface area contributed by atoms with Gasteiger partial charge in [0.05, 0.1) is 0 Å². The number of nitrogens with zero attached hydrogens (tertiary/aromatic N) is 1. The standard InChI is InChI=1S/C12H14N4O/c13-10-6-9(11(14)12(15)16-10)17-7-8-4-2-1-3-5-8/h1-6H,7,14H2,(H4,13,15,16). The van der Waals surface area contributed by atoms with E-state index in [-0.39, 0.29) is 5.82 Å². The Bertz CT molecular complexity index is 513. The molecule has 0 unspecified atom stereocenters. The maximum absolute atomic E-state index is 5.75. The van der Waals surface area contributed by atoms with Crippen LogP contribution in [0, 0.1) is 0 Å². The van der Waals surface area contributed by atoms with E-state index in [9.17, 15) is 0 Å². The number of anilines is 3. The van der Waals surface area contributed by atoms with E-state index in [4.69, 9.17) is 21.9 Å². The molecule has 0 saturated carbocycles. The number of hydrogen-bond acceptors (Lipinski definition) is 5. The second-order valence-electron chi connectivity index (χ2n) is 3.62. The molecule has 0 spiro atoms. The van der Waals surface area contributed by atoms with E-state index in [1.807, 2.05) is 30.3 Å². The zero-order valence-electron chi connectivity index (χ0n) is 9.26. The Balaban J connectivity index is 2.14. The molecule has 17 heavy (non-hydrogen) atoms. The molecule has 0 aliphatic carbocycles. The summed E-state index contributed by atoms with van der Waals surface area (Å²) in [5.74, 6) is 0.937. The van der Waals surface area contributed by atoms with E-state index in [0.29, 0.717) is 23.9 Å². The summed E-state index contributed by atoms with van der Waals surface area (Å²) in [6.45, 7) is 0.411. The van der Waals surface area contributed by atoms with Crippen LogP contribution in [0.2, 0.25) is 0 Å². The SMILES string of the molecule is Nc1cc(OCc2ccccc2)c(N)c(N)n1. The molecule has 0 amide bonds. The fourth-order valence-corrected chi connectivity index (χ4v) is 1.42. The number of aromatic nitrogens is 1. The van der Waals surface area contributed by atoms with Gasteiger partial charge in [-0.05, 0) is 5.56 Å². The Morgan fingerprint density at radius 3 is 2.47 bits per heavy atom. The molecular formula is C12H14N4O. The molecule has 1 aromatic heterocycles. The fourth-order valence-electron chi connectivity index (χ4n) is 1.42. The van der Waals surface area contributed by atoms with Gasteiger partial charge in [0.2, 0.25) is 0 Å². The number of rotatable bonds is 3. The van der Waals surface area contributed by atoms with Crippen LogP contribution in [0.25, 0.3) is 0 Å². The number of pyridine rings is 1. The molecule has 0 radical (unpaired) electrons. The van der Waals surface area contributed by atoms with Gasteiger partial charge in [-0.15, -0.1) is 0 Å². The molecule has 0 atom stereocenters. The maximum Gasteiger partial charge on any atom is 0.152 e. The molecule has 5 nitrogen and oxygen atoms in total. The third kappa shape index (κ3) is 2.57. The first-order valence-electron chi connectivity index (χ1n) is 5.15. The monoisotopic (exact) mass is 230 g/mol. The summed E-state index contributed by atoms with van der Waals surface area (Å²) in [5.41, 5.74) is 18.3. The molecule has 0 aliphatic rings. The average molecular weight is 230 g/mol. The Morgan fingerprint density at radius 2 is 1.76 bits per heavy atom. The minimum atomic E-state index is 0.188. The van der Waals surface area contributed by atoms with Crippen molar-refractivity contribution in [2.45, 2.75) is 6.61 Å². The Labute approximate surface area is 99.2 Å². The largest absolute Gasteiger partial charge is 0.486 e. The molecule has 0 aliphatic heterocycles. The lowest BCUT2D eigenvalue weighted by Gasteiger charge is -2.10. The van der Waals surface area contributed by atoms with Crippen LogP contribution >= 0.6 is 0 Å². The maximum atomic E-state index is 5.75. The molecule has 6 N–H and O–H groups in total. The van der Waals surface area contributed by atoms with Gasteiger partial charge in [-0.2, -0.15) is 0 Å². The van der Waals surface area contributed by atoms with E-state index < -0.39 is 0 Å². The van der Waals surface area contributed by atoms with Crippen LogP contribution in [0.15, 0.2) is 36.4 Å². The minimum absolute atomic E-state index is 0.188. The third-order valence-electron chi connectivity index (χ3n) is 2.31. The zero-order valence-corrected chi connectivity index (χ0v) is 9.26. The molecule has 5 heteroatoms. The van der Waals surface area contributed by atoms with Crippen molar-refractivity contribution in [2.24, 2.45) is 0 Å². The van der Waals surface area contributed by atoms with Gasteiger partial charge in [0.1, 0.15) is 23.9 Å². The van der Waals surface area contributed by atoms with Crippen LogP contribution in [0.3, 0.4) is 0 Å². The van der Waals surface area contributed by atoms with Crippen molar-refractivity contribution in [3.05, 3.63) is 42.0 Å². The smallest absolute Gasteiger partial charge is 0.152 e. The molecule has 2 rings (SSSR count). The van der Waals surface area contributed by atoms with E-state index in [1.165, 1.54) is 0 Å². The first-order valence-corrected chi connectivity index (χ1v) is 5.15. The summed E-state index contributed by atoms with van der Waals surface area (Å²) < 4.78 is 5.56. The first kappa shape index (κ1) is 11.1. The van der Waals surface area contributed by atoms with Crippen LogP contribution in [0.5, 0.6) is 5.75 Å². The Morgan fingerprint density at radius 1 is 1.06 bits per heavy atom. The molecule has 88 valence electrons. The van der Waals surface area contributed by atoms with Crippen molar-refractivity contribution in [3.8, 4) is 5.75 Å². The number of hydrogen-bond donors (Lipinski definition) is 3. The van der Waals surface area contributed by atoms with Crippen LogP contribution < -0.4 is 21.9 Å². The van der Waals surface area contributed by atoms with Gasteiger partial charge >= 0.3 is 0 Å². The molecule has 1 heterocycles. The number of nitrogens with two attached hydrogens (primary N) is 3. The van der Waals surface area contributed by atoms with Crippen molar-refractivity contribution in [3.63, 3.8) is 0 Å². The van der Waals surface area contributed by atoms with E-state index in [0.717, 1.165) is 5.56 Å². The fraction of sp³-hybridized carbons (Fsp3) is 0.0833. The lowest BCUT2D eigenvalue weighted by molar-refractivity contribution is 0.308. The minimum Gasteiger partial charge on any atom is -0.486 e. The van der Waals surface area contributed by atoms with Crippen molar-refractivity contribution >= 4 is 17.3 Å². The van der Waals surface area contributed by atoms with Crippen molar-refractivity contribution < 1.29 is 4.74 Å². The van der Waals surface area contributed by atoms with Crippen LogP contribution in [-0.2, 0) is 6.61 Å². The number of ether oxygens (including phenoxy) is 1. The summed E-state index contributed by atoms with van der Waals surface area (Å²) in [4.78, 5) is 3.84. The predicted molar refractivity (Wildman–Crippen MR) is 68.2 cm³/mol. The molecular weight excluding hydrogens is 216 g/mol. The van der Waals surface area contributed by atoms with Gasteiger partial charge < -0.3 is 21.9 Å². The quantitative estimate of drug-likeness (QED) is 0.740. The summed E-state index contributed by atoms with van der Waals surface area (Å²) in [5, 5.41) is 0. The highest BCUT2D eigenvalue weighted by Gasteiger charge is 2.07. The van der Waals surface area contributed by atoms with Gasteiger partial charge in [-0.1, -0.05) is 30.3 Å².